The highest BCUT2D eigenvalue weighted by Gasteiger charge is 2.26. The molecule has 154 valence electrons. The molecular formula is C21H25N3O5. The number of amides is 2. The third-order valence-corrected chi connectivity index (χ3v) is 4.59. The smallest absolute Gasteiger partial charge is 0.265 e. The van der Waals surface area contributed by atoms with Crippen LogP contribution < -0.4 is 24.4 Å². The molecule has 0 aliphatic carbocycles. The third kappa shape index (κ3) is 4.43. The number of carbonyl (C=O) groups excluding carboxylic acids is 2. The highest BCUT2D eigenvalue weighted by molar-refractivity contribution is 6.08. The molecule has 0 fully saturated rings. The maximum absolute atomic E-state index is 12.9. The molecule has 0 saturated carbocycles. The molecule has 0 unspecified atom stereocenters. The van der Waals surface area contributed by atoms with E-state index in [0.717, 1.165) is 6.54 Å². The van der Waals surface area contributed by atoms with E-state index in [0.29, 0.717) is 40.7 Å². The van der Waals surface area contributed by atoms with E-state index < -0.39 is 0 Å². The van der Waals surface area contributed by atoms with Gasteiger partial charge < -0.3 is 29.3 Å². The molecule has 0 aromatic heterocycles. The molecule has 29 heavy (non-hydrogen) atoms. The fraction of sp³-hybridized carbons (Fsp3) is 0.333. The molecule has 8 heteroatoms. The first-order valence-corrected chi connectivity index (χ1v) is 9.19. The van der Waals surface area contributed by atoms with Crippen molar-refractivity contribution in [2.24, 2.45) is 0 Å². The molecule has 0 saturated heterocycles. The summed E-state index contributed by atoms with van der Waals surface area (Å²) < 4.78 is 16.2. The predicted molar refractivity (Wildman–Crippen MR) is 110 cm³/mol. The summed E-state index contributed by atoms with van der Waals surface area (Å²) in [4.78, 5) is 28.8. The first-order valence-electron chi connectivity index (χ1n) is 9.19. The zero-order chi connectivity index (χ0) is 21.0. The molecule has 1 aliphatic heterocycles. The van der Waals surface area contributed by atoms with Crippen molar-refractivity contribution in [3.8, 4) is 17.2 Å². The van der Waals surface area contributed by atoms with Gasteiger partial charge in [-0.3, -0.25) is 9.59 Å². The maximum Gasteiger partial charge on any atom is 0.265 e. The Morgan fingerprint density at radius 3 is 2.48 bits per heavy atom. The molecule has 2 aromatic carbocycles. The number of carbonyl (C=O) groups is 2. The minimum atomic E-state index is -0.365. The molecule has 0 atom stereocenters. The van der Waals surface area contributed by atoms with E-state index in [1.54, 1.807) is 41.3 Å². The van der Waals surface area contributed by atoms with Gasteiger partial charge in [0.2, 0.25) is 0 Å². The van der Waals surface area contributed by atoms with E-state index in [9.17, 15) is 9.59 Å². The van der Waals surface area contributed by atoms with Crippen LogP contribution in [0.15, 0.2) is 36.4 Å². The van der Waals surface area contributed by atoms with Crippen molar-refractivity contribution >= 4 is 23.2 Å². The summed E-state index contributed by atoms with van der Waals surface area (Å²) in [6, 6.07) is 10.4. The number of anilines is 2. The Kier molecular flexibility index (Phi) is 6.23. The van der Waals surface area contributed by atoms with Gasteiger partial charge in [-0.25, -0.2) is 0 Å². The number of rotatable bonds is 7. The Morgan fingerprint density at radius 2 is 1.86 bits per heavy atom. The van der Waals surface area contributed by atoms with Crippen LogP contribution in [0.2, 0.25) is 0 Å². The lowest BCUT2D eigenvalue weighted by Crippen LogP contribution is -2.42. The number of likely N-dealkylation sites (N-methyl/N-ethyl adjacent to an activating group) is 1. The number of benzene rings is 2. The van der Waals surface area contributed by atoms with Gasteiger partial charge in [-0.15, -0.1) is 0 Å². The number of hydrogen-bond donors (Lipinski definition) is 1. The van der Waals surface area contributed by atoms with Crippen molar-refractivity contribution in [2.45, 2.75) is 0 Å². The molecule has 0 radical (unpaired) electrons. The largest absolute Gasteiger partial charge is 0.496 e. The van der Waals surface area contributed by atoms with Crippen molar-refractivity contribution in [2.75, 3.05) is 58.2 Å². The average Bonchev–Trinajstić information content (AvgIpc) is 2.72. The number of nitrogens with zero attached hydrogens (tertiary/aromatic N) is 2. The van der Waals surface area contributed by atoms with Gasteiger partial charge >= 0.3 is 0 Å². The maximum atomic E-state index is 12.9. The summed E-state index contributed by atoms with van der Waals surface area (Å²) in [6.07, 6.45) is 0. The lowest BCUT2D eigenvalue weighted by Gasteiger charge is -2.30. The van der Waals surface area contributed by atoms with E-state index in [-0.39, 0.29) is 18.4 Å². The van der Waals surface area contributed by atoms with Crippen molar-refractivity contribution in [1.29, 1.82) is 0 Å². The monoisotopic (exact) mass is 399 g/mol. The van der Waals surface area contributed by atoms with Gasteiger partial charge in [0.25, 0.3) is 11.8 Å². The molecule has 3 rings (SSSR count). The minimum Gasteiger partial charge on any atom is -0.496 e. The van der Waals surface area contributed by atoms with Gasteiger partial charge in [0, 0.05) is 24.8 Å². The zero-order valence-electron chi connectivity index (χ0n) is 17.0. The first-order chi connectivity index (χ1) is 13.9. The summed E-state index contributed by atoms with van der Waals surface area (Å²) in [6.45, 7) is 1.27. The SMILES string of the molecule is COc1cccc(OC)c1C(=O)Nc1ccc2c(c1)OCC(=O)N2CCN(C)C. The molecular weight excluding hydrogens is 374 g/mol. The van der Waals surface area contributed by atoms with Crippen LogP contribution in [0.1, 0.15) is 10.4 Å². The van der Waals surface area contributed by atoms with Gasteiger partial charge in [-0.2, -0.15) is 0 Å². The molecule has 1 heterocycles. The van der Waals surface area contributed by atoms with Crippen LogP contribution in [0.5, 0.6) is 17.2 Å². The van der Waals surface area contributed by atoms with Crippen molar-refractivity contribution < 1.29 is 23.8 Å². The van der Waals surface area contributed by atoms with Crippen LogP contribution >= 0.6 is 0 Å². The van der Waals surface area contributed by atoms with E-state index in [2.05, 4.69) is 5.32 Å². The second kappa shape index (κ2) is 8.83. The third-order valence-electron chi connectivity index (χ3n) is 4.59. The summed E-state index contributed by atoms with van der Waals surface area (Å²) >= 11 is 0. The van der Waals surface area contributed by atoms with Crippen LogP contribution in [-0.4, -0.2) is 64.7 Å². The van der Waals surface area contributed by atoms with Crippen molar-refractivity contribution in [3.63, 3.8) is 0 Å². The lowest BCUT2D eigenvalue weighted by molar-refractivity contribution is -0.121. The van der Waals surface area contributed by atoms with E-state index >= 15 is 0 Å². The Hall–Kier alpha value is -3.26. The molecule has 1 aliphatic rings. The topological polar surface area (TPSA) is 80.3 Å². The fourth-order valence-electron chi connectivity index (χ4n) is 3.10. The van der Waals surface area contributed by atoms with E-state index in [1.165, 1.54) is 14.2 Å². The molecule has 2 aromatic rings. The lowest BCUT2D eigenvalue weighted by atomic mass is 10.1. The summed E-state index contributed by atoms with van der Waals surface area (Å²) in [5.74, 6) is 0.923. The van der Waals surface area contributed by atoms with Crippen molar-refractivity contribution in [1.82, 2.24) is 4.90 Å². The fourth-order valence-corrected chi connectivity index (χ4v) is 3.10. The zero-order valence-corrected chi connectivity index (χ0v) is 17.0. The summed E-state index contributed by atoms with van der Waals surface area (Å²) in [7, 11) is 6.91. The number of hydrogen-bond acceptors (Lipinski definition) is 6. The normalized spacial score (nSPS) is 13.0. The van der Waals surface area contributed by atoms with Crippen LogP contribution in [0.25, 0.3) is 0 Å². The van der Waals surface area contributed by atoms with Gasteiger partial charge in [0.1, 0.15) is 22.8 Å². The van der Waals surface area contributed by atoms with E-state index in [1.807, 2.05) is 19.0 Å². The minimum absolute atomic E-state index is 0.0296. The van der Waals surface area contributed by atoms with Crippen molar-refractivity contribution in [3.05, 3.63) is 42.0 Å². The van der Waals surface area contributed by atoms with Crippen LogP contribution in [0, 0.1) is 0 Å². The second-order valence-electron chi connectivity index (χ2n) is 6.81. The second-order valence-corrected chi connectivity index (χ2v) is 6.81. The van der Waals surface area contributed by atoms with Crippen LogP contribution in [0.3, 0.4) is 0 Å². The Balaban J connectivity index is 1.84. The molecule has 1 N–H and O–H groups in total. The highest BCUT2D eigenvalue weighted by atomic mass is 16.5. The van der Waals surface area contributed by atoms with Gasteiger partial charge in [0.15, 0.2) is 6.61 Å². The van der Waals surface area contributed by atoms with E-state index in [4.69, 9.17) is 14.2 Å². The summed E-state index contributed by atoms with van der Waals surface area (Å²) in [5, 5.41) is 2.84. The Morgan fingerprint density at radius 1 is 1.17 bits per heavy atom. The van der Waals surface area contributed by atoms with Crippen LogP contribution in [0.4, 0.5) is 11.4 Å². The molecule has 8 nitrogen and oxygen atoms in total. The molecule has 0 spiro atoms. The van der Waals surface area contributed by atoms with Gasteiger partial charge in [0.05, 0.1) is 19.9 Å². The quantitative estimate of drug-likeness (QED) is 0.769. The Labute approximate surface area is 170 Å². The van der Waals surface area contributed by atoms with Crippen LogP contribution in [-0.2, 0) is 4.79 Å². The predicted octanol–water partition coefficient (Wildman–Crippen LogP) is 2.24. The number of ether oxygens (including phenoxy) is 3. The summed E-state index contributed by atoms with van der Waals surface area (Å²) in [5.41, 5.74) is 1.54. The van der Waals surface area contributed by atoms with Gasteiger partial charge in [-0.1, -0.05) is 6.07 Å². The average molecular weight is 399 g/mol. The number of methoxy groups -OCH3 is 2. The Bertz CT molecular complexity index is 891. The standard InChI is InChI=1S/C21H25N3O5/c1-23(2)10-11-24-15-9-8-14(12-18(15)29-13-19(24)25)22-21(26)20-16(27-3)6-5-7-17(20)28-4/h5-9,12H,10-11,13H2,1-4H3,(H,22,26). The number of nitrogens with one attached hydrogen (secondary N) is 1. The number of fused-ring (bicyclic) bond motifs is 1. The first kappa shape index (κ1) is 20.5. The highest BCUT2D eigenvalue weighted by Crippen LogP contribution is 2.35. The van der Waals surface area contributed by atoms with Gasteiger partial charge in [-0.05, 0) is 38.4 Å². The molecule has 0 bridgehead atoms. The molecule has 2 amide bonds.